The number of hydrogen-bond acceptors (Lipinski definition) is 3. The predicted octanol–water partition coefficient (Wildman–Crippen LogP) is 4.83. The molecule has 0 atom stereocenters. The van der Waals surface area contributed by atoms with Gasteiger partial charge in [-0.1, -0.05) is 51.8 Å². The maximum atomic E-state index is 12.2. The molecule has 126 valence electrons. The van der Waals surface area contributed by atoms with Gasteiger partial charge in [0.15, 0.2) is 0 Å². The summed E-state index contributed by atoms with van der Waals surface area (Å²) in [5, 5.41) is 6.11. The van der Waals surface area contributed by atoms with Gasteiger partial charge in [0.05, 0.1) is 5.56 Å². The van der Waals surface area contributed by atoms with E-state index in [0.29, 0.717) is 17.9 Å². The quantitative estimate of drug-likeness (QED) is 0.650. The Balaban J connectivity index is 1.59. The van der Waals surface area contributed by atoms with Gasteiger partial charge in [-0.3, -0.25) is 4.79 Å². The van der Waals surface area contributed by atoms with Crippen molar-refractivity contribution in [2.24, 2.45) is 0 Å². The van der Waals surface area contributed by atoms with E-state index in [9.17, 15) is 4.79 Å². The highest BCUT2D eigenvalue weighted by atomic mass is 79.9. The van der Waals surface area contributed by atoms with Gasteiger partial charge in [-0.25, -0.2) is 4.98 Å². The number of halogens is 1. The highest BCUT2D eigenvalue weighted by molar-refractivity contribution is 9.10. The Bertz CT molecular complexity index is 861. The minimum Gasteiger partial charge on any atom is -0.348 e. The topological polar surface area (TPSA) is 54.0 Å². The summed E-state index contributed by atoms with van der Waals surface area (Å²) in [6.07, 6.45) is 1.57. The second-order valence-electron chi connectivity index (χ2n) is 5.74. The van der Waals surface area contributed by atoms with Crippen LogP contribution in [0.4, 0.5) is 11.5 Å². The van der Waals surface area contributed by atoms with E-state index in [1.807, 2.05) is 55.5 Å². The van der Waals surface area contributed by atoms with Crippen LogP contribution in [0.3, 0.4) is 0 Å². The molecule has 0 saturated heterocycles. The molecule has 0 bridgehead atoms. The maximum absolute atomic E-state index is 12.2. The van der Waals surface area contributed by atoms with Crippen molar-refractivity contribution < 1.29 is 4.79 Å². The molecule has 2 N–H and O–H groups in total. The zero-order valence-corrected chi connectivity index (χ0v) is 15.4. The van der Waals surface area contributed by atoms with Crippen molar-refractivity contribution in [3.63, 3.8) is 0 Å². The molecule has 1 aromatic heterocycles. The molecule has 4 nitrogen and oxygen atoms in total. The highest BCUT2D eigenvalue weighted by Crippen LogP contribution is 2.19. The van der Waals surface area contributed by atoms with Crippen LogP contribution in [0.5, 0.6) is 0 Å². The van der Waals surface area contributed by atoms with E-state index >= 15 is 0 Å². The molecular formula is C20H18BrN3O. The number of anilines is 2. The molecule has 5 heteroatoms. The van der Waals surface area contributed by atoms with E-state index in [0.717, 1.165) is 15.7 Å². The summed E-state index contributed by atoms with van der Waals surface area (Å²) in [5.74, 6) is 0.551. The van der Waals surface area contributed by atoms with Gasteiger partial charge in [-0.05, 0) is 42.8 Å². The molecule has 0 fully saturated rings. The molecule has 0 radical (unpaired) electrons. The van der Waals surface area contributed by atoms with Crippen LogP contribution in [-0.4, -0.2) is 10.9 Å². The number of hydrogen-bond donors (Lipinski definition) is 2. The van der Waals surface area contributed by atoms with Crippen LogP contribution in [0.2, 0.25) is 0 Å². The first kappa shape index (κ1) is 17.2. The summed E-state index contributed by atoms with van der Waals surface area (Å²) in [6, 6.07) is 19.5. The van der Waals surface area contributed by atoms with Gasteiger partial charge in [-0.15, -0.1) is 0 Å². The van der Waals surface area contributed by atoms with Crippen molar-refractivity contribution in [2.45, 2.75) is 13.5 Å². The highest BCUT2D eigenvalue weighted by Gasteiger charge is 2.06. The Morgan fingerprint density at radius 2 is 1.88 bits per heavy atom. The van der Waals surface area contributed by atoms with Gasteiger partial charge in [0.1, 0.15) is 5.82 Å². The van der Waals surface area contributed by atoms with Crippen LogP contribution in [0.25, 0.3) is 0 Å². The van der Waals surface area contributed by atoms with Gasteiger partial charge in [-0.2, -0.15) is 0 Å². The summed E-state index contributed by atoms with van der Waals surface area (Å²) in [4.78, 5) is 16.5. The number of rotatable bonds is 5. The normalized spacial score (nSPS) is 10.3. The first-order valence-corrected chi connectivity index (χ1v) is 8.72. The van der Waals surface area contributed by atoms with Crippen molar-refractivity contribution in [2.75, 3.05) is 5.32 Å². The van der Waals surface area contributed by atoms with Gasteiger partial charge >= 0.3 is 0 Å². The van der Waals surface area contributed by atoms with Crippen molar-refractivity contribution in [1.29, 1.82) is 0 Å². The van der Waals surface area contributed by atoms with Gasteiger partial charge < -0.3 is 10.6 Å². The number of nitrogens with one attached hydrogen (secondary N) is 2. The standard InChI is InChI=1S/C20H18BrN3O/c1-14-5-7-15(8-6-14)12-23-20(25)16-9-10-19(22-13-16)24-18-4-2-3-17(21)11-18/h2-11,13H,12H2,1H3,(H,22,24)(H,23,25). The van der Waals surface area contributed by atoms with Gasteiger partial charge in [0.2, 0.25) is 0 Å². The lowest BCUT2D eigenvalue weighted by Crippen LogP contribution is -2.22. The average Bonchev–Trinajstić information content (AvgIpc) is 2.62. The molecule has 3 rings (SSSR count). The second-order valence-corrected chi connectivity index (χ2v) is 6.65. The fraction of sp³-hybridized carbons (Fsp3) is 0.100. The van der Waals surface area contributed by atoms with Gasteiger partial charge in [0, 0.05) is 22.9 Å². The first-order chi connectivity index (χ1) is 12.1. The number of amides is 1. The van der Waals surface area contributed by atoms with Crippen molar-refractivity contribution >= 4 is 33.3 Å². The molecule has 1 heterocycles. The number of aromatic nitrogens is 1. The SMILES string of the molecule is Cc1ccc(CNC(=O)c2ccc(Nc3cccc(Br)c3)nc2)cc1. The summed E-state index contributed by atoms with van der Waals surface area (Å²) in [6.45, 7) is 2.54. The van der Waals surface area contributed by atoms with E-state index in [2.05, 4.69) is 31.5 Å². The van der Waals surface area contributed by atoms with Crippen molar-refractivity contribution in [1.82, 2.24) is 10.3 Å². The number of carbonyl (C=O) groups is 1. The van der Waals surface area contributed by atoms with Crippen molar-refractivity contribution in [3.8, 4) is 0 Å². The molecule has 3 aromatic rings. The number of carbonyl (C=O) groups excluding carboxylic acids is 1. The third kappa shape index (κ3) is 4.90. The lowest BCUT2D eigenvalue weighted by molar-refractivity contribution is 0.0950. The lowest BCUT2D eigenvalue weighted by atomic mass is 10.1. The minimum absolute atomic E-state index is 0.137. The average molecular weight is 396 g/mol. The van der Waals surface area contributed by atoms with E-state index in [-0.39, 0.29) is 5.91 Å². The fourth-order valence-corrected chi connectivity index (χ4v) is 2.71. The number of nitrogens with zero attached hydrogens (tertiary/aromatic N) is 1. The van der Waals surface area contributed by atoms with E-state index < -0.39 is 0 Å². The summed E-state index contributed by atoms with van der Waals surface area (Å²) in [5.41, 5.74) is 3.73. The first-order valence-electron chi connectivity index (χ1n) is 7.92. The minimum atomic E-state index is -0.137. The second kappa shape index (κ2) is 7.94. The molecule has 0 spiro atoms. The molecule has 1 amide bonds. The Kier molecular flexibility index (Phi) is 5.46. The van der Waals surface area contributed by atoms with Crippen LogP contribution in [-0.2, 0) is 6.54 Å². The summed E-state index contributed by atoms with van der Waals surface area (Å²) >= 11 is 3.43. The molecule has 0 saturated carbocycles. The molecule has 25 heavy (non-hydrogen) atoms. The van der Waals surface area contributed by atoms with Crippen LogP contribution in [0.1, 0.15) is 21.5 Å². The molecular weight excluding hydrogens is 378 g/mol. The third-order valence-corrected chi connectivity index (χ3v) is 4.19. The van der Waals surface area contributed by atoms with Crippen LogP contribution in [0.15, 0.2) is 71.3 Å². The molecule has 0 aliphatic rings. The molecule has 0 aliphatic carbocycles. The molecule has 2 aromatic carbocycles. The Morgan fingerprint density at radius 1 is 1.08 bits per heavy atom. The lowest BCUT2D eigenvalue weighted by Gasteiger charge is -2.08. The van der Waals surface area contributed by atoms with E-state index in [1.165, 1.54) is 5.56 Å². The smallest absolute Gasteiger partial charge is 0.253 e. The van der Waals surface area contributed by atoms with Crippen LogP contribution < -0.4 is 10.6 Å². The Labute approximate surface area is 155 Å². The Hall–Kier alpha value is -2.66. The predicted molar refractivity (Wildman–Crippen MR) is 104 cm³/mol. The molecule has 0 unspecified atom stereocenters. The fourth-order valence-electron chi connectivity index (χ4n) is 2.31. The number of benzene rings is 2. The number of aryl methyl sites for hydroxylation is 1. The summed E-state index contributed by atoms with van der Waals surface area (Å²) < 4.78 is 0.990. The maximum Gasteiger partial charge on any atom is 0.253 e. The van der Waals surface area contributed by atoms with E-state index in [4.69, 9.17) is 0 Å². The van der Waals surface area contributed by atoms with Crippen LogP contribution in [0, 0.1) is 6.92 Å². The summed E-state index contributed by atoms with van der Waals surface area (Å²) in [7, 11) is 0. The Morgan fingerprint density at radius 3 is 2.56 bits per heavy atom. The van der Waals surface area contributed by atoms with Gasteiger partial charge in [0.25, 0.3) is 5.91 Å². The monoisotopic (exact) mass is 395 g/mol. The largest absolute Gasteiger partial charge is 0.348 e. The zero-order valence-electron chi connectivity index (χ0n) is 13.8. The van der Waals surface area contributed by atoms with Crippen LogP contribution >= 0.6 is 15.9 Å². The zero-order chi connectivity index (χ0) is 17.6. The third-order valence-electron chi connectivity index (χ3n) is 3.70. The number of pyridine rings is 1. The molecule has 0 aliphatic heterocycles. The van der Waals surface area contributed by atoms with Crippen molar-refractivity contribution in [3.05, 3.63) is 88.0 Å². The van der Waals surface area contributed by atoms with E-state index in [1.54, 1.807) is 18.3 Å².